The number of hydrogen-bond acceptors (Lipinski definition) is 14. The van der Waals surface area contributed by atoms with Crippen molar-refractivity contribution in [3.63, 3.8) is 0 Å². The first-order chi connectivity index (χ1) is 36.0. The van der Waals surface area contributed by atoms with Crippen LogP contribution in [0.2, 0.25) is 0 Å². The number of aromatic nitrogens is 5. The molecule has 3 aliphatic heterocycles. The molecule has 74 heavy (non-hydrogen) atoms. The highest BCUT2D eigenvalue weighted by Gasteiger charge is 2.43. The van der Waals surface area contributed by atoms with Crippen molar-refractivity contribution in [1.29, 1.82) is 0 Å². The first kappa shape index (κ1) is 47.7. The molecule has 7 heterocycles. The number of hydrogen-bond donors (Lipinski definition) is 3. The normalized spacial score (nSPS) is 22.0. The molecule has 3 N–H and O–H groups in total. The Morgan fingerprint density at radius 2 is 1.59 bits per heavy atom. The summed E-state index contributed by atoms with van der Waals surface area (Å²) in [4.78, 5) is 71.8. The molecule has 0 radical (unpaired) electrons. The lowest BCUT2D eigenvalue weighted by Gasteiger charge is -2.35. The summed E-state index contributed by atoms with van der Waals surface area (Å²) in [6.45, 7) is 8.18. The maximum atomic E-state index is 13.6. The number of carboxylic acid groups (broad SMARTS) is 1. The standard InChI is InChI=1S/C56H58N10O7S/c1-32-26-36(10-11-39(32)40-12-15-47(58-51(40)55(70)71)66-19-18-33-6-5-7-41(44(33)31-66)53(68)61-56-57-45-8-3-4-9-46(45)74-56)73-38-29-34-27-37(28-35(34)30-38)72-25-24-64-20-22-65(23-21-64)48-16-13-42-50(62-63(2)52(42)59-48)43-14-17-49(67)60-54(43)69/h3-13,15-16,26,34-35,37-38,43H,14,17-25,27-31H2,1-2H3,(H,70,71)(H,57,61,68)(H,60,67,69). The number of piperidine rings is 1. The van der Waals surface area contributed by atoms with Crippen LogP contribution in [0.3, 0.4) is 0 Å². The van der Waals surface area contributed by atoms with Gasteiger partial charge in [0.1, 0.15) is 17.4 Å². The molecule has 18 heteroatoms. The number of fused-ring (bicyclic) bond motifs is 4. The third-order valence-electron chi connectivity index (χ3n) is 15.9. The number of pyridine rings is 2. The molecule has 0 spiro atoms. The molecule has 0 bridgehead atoms. The Hall–Kier alpha value is -7.28. The zero-order valence-corrected chi connectivity index (χ0v) is 42.3. The van der Waals surface area contributed by atoms with Crippen molar-refractivity contribution in [2.24, 2.45) is 18.9 Å². The van der Waals surface area contributed by atoms with Gasteiger partial charge in [-0.25, -0.2) is 19.7 Å². The molecule has 17 nitrogen and oxygen atoms in total. The summed E-state index contributed by atoms with van der Waals surface area (Å²) in [6.07, 6.45) is 5.93. The Bertz CT molecular complexity index is 3300. The number of imide groups is 1. The van der Waals surface area contributed by atoms with Crippen molar-refractivity contribution >= 4 is 73.0 Å². The lowest BCUT2D eigenvalue weighted by atomic mass is 9.93. The van der Waals surface area contributed by atoms with Crippen LogP contribution in [0.5, 0.6) is 5.75 Å². The number of amides is 3. The van der Waals surface area contributed by atoms with Gasteiger partial charge in [-0.05, 0) is 134 Å². The number of nitrogens with zero attached hydrogens (tertiary/aromatic N) is 8. The molecule has 4 aromatic heterocycles. The summed E-state index contributed by atoms with van der Waals surface area (Å²) in [5.74, 6) is 1.06. The predicted octanol–water partition coefficient (Wildman–Crippen LogP) is 7.76. The fourth-order valence-electron chi connectivity index (χ4n) is 12.1. The van der Waals surface area contributed by atoms with Crippen LogP contribution in [0, 0.1) is 18.8 Å². The molecule has 7 aromatic rings. The minimum absolute atomic E-state index is 0.0202. The second kappa shape index (κ2) is 19.9. The summed E-state index contributed by atoms with van der Waals surface area (Å²) in [5.41, 5.74) is 7.02. The number of benzene rings is 3. The lowest BCUT2D eigenvalue weighted by molar-refractivity contribution is -0.134. The van der Waals surface area contributed by atoms with Crippen molar-refractivity contribution in [2.45, 2.75) is 76.5 Å². The number of carboxylic acids is 1. The van der Waals surface area contributed by atoms with Crippen molar-refractivity contribution < 1.29 is 33.8 Å². The summed E-state index contributed by atoms with van der Waals surface area (Å²) < 4.78 is 15.8. The van der Waals surface area contributed by atoms with E-state index in [1.807, 2.05) is 104 Å². The second-order valence-electron chi connectivity index (χ2n) is 20.5. The number of para-hydroxylation sites is 1. The van der Waals surface area contributed by atoms with Gasteiger partial charge in [0, 0.05) is 75.8 Å². The Kier molecular flexibility index (Phi) is 12.8. The number of anilines is 3. The zero-order valence-electron chi connectivity index (χ0n) is 41.5. The van der Waals surface area contributed by atoms with Gasteiger partial charge < -0.3 is 24.4 Å². The van der Waals surface area contributed by atoms with Crippen LogP contribution >= 0.6 is 11.3 Å². The molecule has 3 aromatic carbocycles. The van der Waals surface area contributed by atoms with Gasteiger partial charge in [-0.15, -0.1) is 0 Å². The summed E-state index contributed by atoms with van der Waals surface area (Å²) >= 11 is 1.44. The van der Waals surface area contributed by atoms with Crippen LogP contribution in [0.4, 0.5) is 16.8 Å². The van der Waals surface area contributed by atoms with Gasteiger partial charge in [0.15, 0.2) is 16.5 Å². The van der Waals surface area contributed by atoms with Crippen molar-refractivity contribution in [1.82, 2.24) is 34.9 Å². The number of aryl methyl sites for hydroxylation is 2. The fraction of sp³-hybridized carbons (Fsp3) is 0.393. The van der Waals surface area contributed by atoms with Crippen molar-refractivity contribution in [2.75, 3.05) is 61.0 Å². The van der Waals surface area contributed by atoms with Crippen LogP contribution in [0.1, 0.15) is 87.7 Å². The summed E-state index contributed by atoms with van der Waals surface area (Å²) in [6, 6.07) is 27.2. The van der Waals surface area contributed by atoms with E-state index in [1.165, 1.54) is 11.3 Å². The first-order valence-electron chi connectivity index (χ1n) is 25.8. The largest absolute Gasteiger partial charge is 0.490 e. The molecule has 3 atom stereocenters. The van der Waals surface area contributed by atoms with E-state index < -0.39 is 11.9 Å². The number of nitrogens with one attached hydrogen (secondary N) is 2. The van der Waals surface area contributed by atoms with Crippen LogP contribution < -0.4 is 25.2 Å². The molecule has 5 aliphatic rings. The number of rotatable bonds is 13. The third kappa shape index (κ3) is 9.45. The van der Waals surface area contributed by atoms with E-state index in [9.17, 15) is 24.3 Å². The van der Waals surface area contributed by atoms with Crippen LogP contribution in [0.25, 0.3) is 32.4 Å². The minimum atomic E-state index is -1.10. The molecule has 2 aliphatic carbocycles. The van der Waals surface area contributed by atoms with Crippen molar-refractivity contribution in [3.05, 3.63) is 119 Å². The zero-order chi connectivity index (χ0) is 50.6. The average Bonchev–Trinajstić information content (AvgIpc) is 4.17. The highest BCUT2D eigenvalue weighted by molar-refractivity contribution is 7.22. The Morgan fingerprint density at radius 3 is 2.38 bits per heavy atom. The molecule has 4 fully saturated rings. The number of aromatic carboxylic acids is 1. The molecular weight excluding hydrogens is 957 g/mol. The SMILES string of the molecule is Cc1cc(OC2CC3CC(OCCN4CCN(c5ccc6c(C7CCC(=O)NC7=O)nn(C)c6n5)CC4)CC3C2)ccc1-c1ccc(N2CCc3cccc(C(=O)Nc4nc5ccccc5s4)c3C2)nc1C(=O)O. The number of carbonyl (C=O) groups is 4. The monoisotopic (exact) mass is 1010 g/mol. The van der Waals surface area contributed by atoms with E-state index in [1.54, 1.807) is 4.68 Å². The van der Waals surface area contributed by atoms with Gasteiger partial charge >= 0.3 is 5.97 Å². The van der Waals surface area contributed by atoms with Crippen molar-refractivity contribution in [3.8, 4) is 16.9 Å². The van der Waals surface area contributed by atoms with E-state index in [4.69, 9.17) is 19.4 Å². The molecule has 380 valence electrons. The Labute approximate surface area is 431 Å². The maximum Gasteiger partial charge on any atom is 0.355 e. The average molecular weight is 1020 g/mol. The lowest BCUT2D eigenvalue weighted by Crippen LogP contribution is -2.47. The topological polar surface area (TPSA) is 197 Å². The molecule has 12 rings (SSSR count). The van der Waals surface area contributed by atoms with Crippen LogP contribution in [-0.2, 0) is 34.3 Å². The number of piperazine rings is 1. The fourth-order valence-corrected chi connectivity index (χ4v) is 13.0. The number of thiazole rings is 1. The van der Waals surface area contributed by atoms with Gasteiger partial charge in [-0.1, -0.05) is 41.7 Å². The van der Waals surface area contributed by atoms with Crippen LogP contribution in [-0.4, -0.2) is 117 Å². The molecule has 2 saturated carbocycles. The van der Waals surface area contributed by atoms with Crippen LogP contribution in [0.15, 0.2) is 84.9 Å². The van der Waals surface area contributed by atoms with Gasteiger partial charge in [0.2, 0.25) is 11.8 Å². The van der Waals surface area contributed by atoms with Gasteiger partial charge in [-0.3, -0.25) is 34.6 Å². The molecule has 3 unspecified atom stereocenters. The predicted molar refractivity (Wildman–Crippen MR) is 282 cm³/mol. The molecule has 3 amide bonds. The highest BCUT2D eigenvalue weighted by atomic mass is 32.1. The van der Waals surface area contributed by atoms with Gasteiger partial charge in [-0.2, -0.15) is 5.10 Å². The smallest absolute Gasteiger partial charge is 0.355 e. The summed E-state index contributed by atoms with van der Waals surface area (Å²) in [7, 11) is 1.85. The number of ether oxygens (including phenoxy) is 2. The van der Waals surface area contributed by atoms with Gasteiger partial charge in [0.25, 0.3) is 5.91 Å². The van der Waals surface area contributed by atoms with E-state index in [0.29, 0.717) is 78.6 Å². The first-order valence-corrected chi connectivity index (χ1v) is 26.6. The Balaban J connectivity index is 0.611. The van der Waals surface area contributed by atoms with E-state index >= 15 is 0 Å². The summed E-state index contributed by atoms with van der Waals surface area (Å²) in [5, 5.41) is 22.0. The van der Waals surface area contributed by atoms with E-state index in [2.05, 4.69) is 30.5 Å². The maximum absolute atomic E-state index is 13.6. The second-order valence-corrected chi connectivity index (χ2v) is 21.5. The third-order valence-corrected chi connectivity index (χ3v) is 16.8. The number of carbonyl (C=O) groups excluding carboxylic acids is 3. The molecule has 2 saturated heterocycles. The van der Waals surface area contributed by atoms with E-state index in [0.717, 1.165) is 113 Å². The molecular formula is C56H58N10O7S. The highest BCUT2D eigenvalue weighted by Crippen LogP contribution is 2.46. The van der Waals surface area contributed by atoms with Gasteiger partial charge in [0.05, 0.1) is 40.6 Å². The minimum Gasteiger partial charge on any atom is -0.490 e. The van der Waals surface area contributed by atoms with E-state index in [-0.39, 0.29) is 35.6 Å². The quantitative estimate of drug-likeness (QED) is 0.0948. The Morgan fingerprint density at radius 1 is 0.824 bits per heavy atom.